The van der Waals surface area contributed by atoms with Crippen molar-refractivity contribution in [3.05, 3.63) is 23.7 Å². The molecular weight excluding hydrogens is 212 g/mol. The second-order valence-electron chi connectivity index (χ2n) is 5.08. The maximum Gasteiger partial charge on any atom is 0.122 e. The number of likely N-dealkylation sites (tertiary alicyclic amines) is 1. The molecule has 1 aliphatic rings. The van der Waals surface area contributed by atoms with Gasteiger partial charge >= 0.3 is 0 Å². The fourth-order valence-electron chi connectivity index (χ4n) is 2.73. The van der Waals surface area contributed by atoms with E-state index in [-0.39, 0.29) is 0 Å². The van der Waals surface area contributed by atoms with Crippen molar-refractivity contribution in [1.82, 2.24) is 4.90 Å². The molecule has 0 atom stereocenters. The second-order valence-corrected chi connectivity index (χ2v) is 5.08. The summed E-state index contributed by atoms with van der Waals surface area (Å²) >= 11 is 0. The summed E-state index contributed by atoms with van der Waals surface area (Å²) in [6, 6.07) is 1.99. The van der Waals surface area contributed by atoms with E-state index in [2.05, 4.69) is 11.8 Å². The van der Waals surface area contributed by atoms with Crippen molar-refractivity contribution in [2.24, 2.45) is 11.7 Å². The first kappa shape index (κ1) is 12.7. The van der Waals surface area contributed by atoms with Gasteiger partial charge in [-0.25, -0.2) is 0 Å². The molecule has 0 spiro atoms. The van der Waals surface area contributed by atoms with Gasteiger partial charge in [-0.1, -0.05) is 19.8 Å². The molecular formula is C14H24N2O. The Balaban J connectivity index is 1.82. The van der Waals surface area contributed by atoms with Crippen molar-refractivity contribution < 1.29 is 4.42 Å². The van der Waals surface area contributed by atoms with E-state index in [1.807, 2.05) is 6.07 Å². The van der Waals surface area contributed by atoms with Crippen LogP contribution in [-0.2, 0) is 13.1 Å². The summed E-state index contributed by atoms with van der Waals surface area (Å²) in [6.07, 6.45) is 7.14. The van der Waals surface area contributed by atoms with Gasteiger partial charge in [0.05, 0.1) is 12.8 Å². The van der Waals surface area contributed by atoms with E-state index in [9.17, 15) is 0 Å². The van der Waals surface area contributed by atoms with Crippen molar-refractivity contribution in [1.29, 1.82) is 0 Å². The molecule has 0 aliphatic carbocycles. The monoisotopic (exact) mass is 236 g/mol. The Hall–Kier alpha value is -0.800. The maximum atomic E-state index is 5.68. The lowest BCUT2D eigenvalue weighted by atomic mass is 9.92. The van der Waals surface area contributed by atoms with Gasteiger partial charge in [0.25, 0.3) is 0 Å². The molecule has 96 valence electrons. The van der Waals surface area contributed by atoms with Crippen LogP contribution in [0.25, 0.3) is 0 Å². The second kappa shape index (κ2) is 6.22. The highest BCUT2D eigenvalue weighted by molar-refractivity contribution is 5.16. The molecule has 0 bridgehead atoms. The highest BCUT2D eigenvalue weighted by atomic mass is 16.3. The smallest absolute Gasteiger partial charge is 0.122 e. The van der Waals surface area contributed by atoms with Gasteiger partial charge in [0, 0.05) is 12.1 Å². The summed E-state index contributed by atoms with van der Waals surface area (Å²) in [5, 5.41) is 0. The van der Waals surface area contributed by atoms with Crippen LogP contribution in [-0.4, -0.2) is 18.0 Å². The van der Waals surface area contributed by atoms with Crippen molar-refractivity contribution in [3.63, 3.8) is 0 Å². The third-order valence-corrected chi connectivity index (χ3v) is 3.83. The van der Waals surface area contributed by atoms with E-state index in [0.717, 1.165) is 23.8 Å². The van der Waals surface area contributed by atoms with Crippen LogP contribution in [0.15, 0.2) is 16.7 Å². The average molecular weight is 236 g/mol. The molecule has 0 unspecified atom stereocenters. The molecule has 0 aromatic carbocycles. The first-order valence-electron chi connectivity index (χ1n) is 6.81. The van der Waals surface area contributed by atoms with Gasteiger partial charge in [0.2, 0.25) is 0 Å². The Morgan fingerprint density at radius 3 is 2.82 bits per heavy atom. The predicted molar refractivity (Wildman–Crippen MR) is 69.5 cm³/mol. The summed E-state index contributed by atoms with van der Waals surface area (Å²) in [5.74, 6) is 2.00. The minimum Gasteiger partial charge on any atom is -0.468 e. The third kappa shape index (κ3) is 3.33. The van der Waals surface area contributed by atoms with Crippen LogP contribution in [0.1, 0.15) is 43.9 Å². The zero-order chi connectivity index (χ0) is 12.1. The zero-order valence-corrected chi connectivity index (χ0v) is 10.8. The number of hydrogen-bond acceptors (Lipinski definition) is 3. The van der Waals surface area contributed by atoms with Crippen molar-refractivity contribution in [2.75, 3.05) is 13.1 Å². The zero-order valence-electron chi connectivity index (χ0n) is 10.8. The first-order chi connectivity index (χ1) is 8.33. The molecule has 0 saturated carbocycles. The number of hydrogen-bond donors (Lipinski definition) is 1. The Morgan fingerprint density at radius 1 is 1.41 bits per heavy atom. The minimum absolute atomic E-state index is 0.581. The van der Waals surface area contributed by atoms with Crippen molar-refractivity contribution in [2.45, 2.75) is 45.7 Å². The lowest BCUT2D eigenvalue weighted by Crippen LogP contribution is -2.33. The summed E-state index contributed by atoms with van der Waals surface area (Å²) in [5.41, 5.74) is 6.84. The number of piperidine rings is 1. The van der Waals surface area contributed by atoms with E-state index < -0.39 is 0 Å². The van der Waals surface area contributed by atoms with Gasteiger partial charge in [0.1, 0.15) is 5.76 Å². The van der Waals surface area contributed by atoms with E-state index in [4.69, 9.17) is 10.2 Å². The molecule has 1 aromatic heterocycles. The normalized spacial score (nSPS) is 18.7. The Morgan fingerprint density at radius 2 is 2.18 bits per heavy atom. The molecule has 1 saturated heterocycles. The quantitative estimate of drug-likeness (QED) is 0.854. The fourth-order valence-corrected chi connectivity index (χ4v) is 2.73. The van der Waals surface area contributed by atoms with Crippen molar-refractivity contribution >= 4 is 0 Å². The summed E-state index contributed by atoms with van der Waals surface area (Å²) in [4.78, 5) is 2.49. The Labute approximate surface area is 104 Å². The first-order valence-corrected chi connectivity index (χ1v) is 6.81. The fraction of sp³-hybridized carbons (Fsp3) is 0.714. The maximum absolute atomic E-state index is 5.68. The molecule has 3 heteroatoms. The Kier molecular flexibility index (Phi) is 4.63. The lowest BCUT2D eigenvalue weighted by Gasteiger charge is -2.31. The molecule has 2 N–H and O–H groups in total. The van der Waals surface area contributed by atoms with Gasteiger partial charge in [-0.05, 0) is 37.9 Å². The standard InChI is InChI=1S/C14H24N2O/c1-2-3-12-4-7-16(8-5-12)11-14-13(10-15)6-9-17-14/h6,9,12H,2-5,7-8,10-11,15H2,1H3. The summed E-state index contributed by atoms with van der Waals surface area (Å²) < 4.78 is 5.51. The van der Waals surface area contributed by atoms with E-state index in [1.165, 1.54) is 38.8 Å². The molecule has 1 fully saturated rings. The molecule has 3 nitrogen and oxygen atoms in total. The van der Waals surface area contributed by atoms with Crippen LogP contribution >= 0.6 is 0 Å². The van der Waals surface area contributed by atoms with Gasteiger partial charge in [-0.2, -0.15) is 0 Å². The average Bonchev–Trinajstić information content (AvgIpc) is 2.79. The molecule has 1 aromatic rings. The molecule has 1 aliphatic heterocycles. The van der Waals surface area contributed by atoms with Crippen LogP contribution in [0.3, 0.4) is 0 Å². The molecule has 0 amide bonds. The van der Waals surface area contributed by atoms with Gasteiger partial charge in [-0.15, -0.1) is 0 Å². The van der Waals surface area contributed by atoms with Crippen LogP contribution in [0.5, 0.6) is 0 Å². The lowest BCUT2D eigenvalue weighted by molar-refractivity contribution is 0.161. The van der Waals surface area contributed by atoms with Crippen molar-refractivity contribution in [3.8, 4) is 0 Å². The number of nitrogens with two attached hydrogens (primary N) is 1. The SMILES string of the molecule is CCCC1CCN(Cc2occc2CN)CC1. The van der Waals surface area contributed by atoms with E-state index in [1.54, 1.807) is 6.26 Å². The third-order valence-electron chi connectivity index (χ3n) is 3.83. The molecule has 2 heterocycles. The van der Waals surface area contributed by atoms with Crippen LogP contribution in [0, 0.1) is 5.92 Å². The Bertz CT molecular complexity index is 327. The number of rotatable bonds is 5. The highest BCUT2D eigenvalue weighted by Gasteiger charge is 2.19. The molecule has 17 heavy (non-hydrogen) atoms. The van der Waals surface area contributed by atoms with Crippen LogP contribution in [0.4, 0.5) is 0 Å². The van der Waals surface area contributed by atoms with Crippen LogP contribution in [0.2, 0.25) is 0 Å². The minimum atomic E-state index is 0.581. The van der Waals surface area contributed by atoms with Gasteiger partial charge in [-0.3, -0.25) is 4.90 Å². The topological polar surface area (TPSA) is 42.4 Å². The highest BCUT2D eigenvalue weighted by Crippen LogP contribution is 2.23. The summed E-state index contributed by atoms with van der Waals surface area (Å²) in [7, 11) is 0. The van der Waals surface area contributed by atoms with Gasteiger partial charge < -0.3 is 10.2 Å². The number of furan rings is 1. The van der Waals surface area contributed by atoms with E-state index in [0.29, 0.717) is 6.54 Å². The van der Waals surface area contributed by atoms with E-state index >= 15 is 0 Å². The molecule has 0 radical (unpaired) electrons. The van der Waals surface area contributed by atoms with Crippen LogP contribution < -0.4 is 5.73 Å². The van der Waals surface area contributed by atoms with Gasteiger partial charge in [0.15, 0.2) is 0 Å². The number of nitrogens with zero attached hydrogens (tertiary/aromatic N) is 1. The summed E-state index contributed by atoms with van der Waals surface area (Å²) in [6.45, 7) is 6.20. The predicted octanol–water partition coefficient (Wildman–Crippen LogP) is 2.75. The largest absolute Gasteiger partial charge is 0.468 e. The molecule has 2 rings (SSSR count).